The number of ether oxygens (including phenoxy) is 2. The third-order valence-electron chi connectivity index (χ3n) is 4.26. The Kier molecular flexibility index (Phi) is 5.26. The number of rotatable bonds is 5. The van der Waals surface area contributed by atoms with Gasteiger partial charge in [0.2, 0.25) is 0 Å². The smallest absolute Gasteiger partial charge is 0.270 e. The van der Waals surface area contributed by atoms with Gasteiger partial charge >= 0.3 is 0 Å². The van der Waals surface area contributed by atoms with Gasteiger partial charge in [-0.05, 0) is 53.0 Å². The molecule has 8 heteroatoms. The minimum absolute atomic E-state index is 0.0470. The van der Waals surface area contributed by atoms with Crippen LogP contribution in [0.25, 0.3) is 10.2 Å². The molecule has 0 radical (unpaired) electrons. The number of amides is 1. The predicted octanol–water partition coefficient (Wildman–Crippen LogP) is 4.95. The van der Waals surface area contributed by atoms with E-state index < -0.39 is 0 Å². The van der Waals surface area contributed by atoms with Crippen molar-refractivity contribution in [2.45, 2.75) is 18.9 Å². The molecule has 0 spiro atoms. The normalized spacial score (nSPS) is 16.9. The van der Waals surface area contributed by atoms with Crippen molar-refractivity contribution in [3.8, 4) is 5.75 Å². The number of thiazole rings is 1. The Balaban J connectivity index is 1.73. The fourth-order valence-corrected chi connectivity index (χ4v) is 5.32. The maximum Gasteiger partial charge on any atom is 0.270 e. The summed E-state index contributed by atoms with van der Waals surface area (Å²) in [5, 5.41) is 0.675. The number of halogens is 1. The van der Waals surface area contributed by atoms with Crippen molar-refractivity contribution in [2.24, 2.45) is 0 Å². The molecule has 4 rings (SSSR count). The first kappa shape index (κ1) is 17.9. The maximum absolute atomic E-state index is 13.2. The van der Waals surface area contributed by atoms with Crippen molar-refractivity contribution in [1.29, 1.82) is 0 Å². The Hall–Kier alpha value is -1.48. The van der Waals surface area contributed by atoms with E-state index in [0.29, 0.717) is 22.3 Å². The highest BCUT2D eigenvalue weighted by Gasteiger charge is 2.28. The average molecular weight is 453 g/mol. The highest BCUT2D eigenvalue weighted by atomic mass is 79.9. The summed E-state index contributed by atoms with van der Waals surface area (Å²) in [6, 6.07) is 9.55. The van der Waals surface area contributed by atoms with Crippen LogP contribution in [0.1, 0.15) is 22.5 Å². The van der Waals surface area contributed by atoms with Crippen LogP contribution in [0.2, 0.25) is 0 Å². The first-order chi connectivity index (χ1) is 12.7. The molecule has 1 aromatic carbocycles. The molecule has 1 fully saturated rings. The third kappa shape index (κ3) is 3.51. The van der Waals surface area contributed by atoms with Gasteiger partial charge in [0.1, 0.15) is 11.3 Å². The SMILES string of the molecule is COc1cccc2sc(N(CC3CCCO3)C(=O)c3ccc(Br)s3)nc12. The average Bonchev–Trinajstić information content (AvgIpc) is 3.38. The number of nitrogens with zero attached hydrogens (tertiary/aromatic N) is 2. The number of carbonyl (C=O) groups excluding carboxylic acids is 1. The molecule has 5 nitrogen and oxygen atoms in total. The lowest BCUT2D eigenvalue weighted by atomic mass is 10.2. The van der Waals surface area contributed by atoms with Crippen LogP contribution in [0.3, 0.4) is 0 Å². The molecule has 0 bridgehead atoms. The summed E-state index contributed by atoms with van der Waals surface area (Å²) in [4.78, 5) is 20.3. The van der Waals surface area contributed by atoms with E-state index in [0.717, 1.165) is 33.5 Å². The van der Waals surface area contributed by atoms with Gasteiger partial charge in [0.15, 0.2) is 5.13 Å². The summed E-state index contributed by atoms with van der Waals surface area (Å²) >= 11 is 6.36. The van der Waals surface area contributed by atoms with Crippen LogP contribution in [-0.2, 0) is 4.74 Å². The summed E-state index contributed by atoms with van der Waals surface area (Å²) in [6.07, 6.45) is 2.05. The van der Waals surface area contributed by atoms with E-state index in [1.54, 1.807) is 12.0 Å². The van der Waals surface area contributed by atoms with Crippen molar-refractivity contribution >= 4 is 59.9 Å². The Morgan fingerprint density at radius 2 is 2.27 bits per heavy atom. The number of carbonyl (C=O) groups is 1. The number of benzene rings is 1. The van der Waals surface area contributed by atoms with E-state index in [9.17, 15) is 4.79 Å². The highest BCUT2D eigenvalue weighted by Crippen LogP contribution is 2.36. The van der Waals surface area contributed by atoms with Gasteiger partial charge in [-0.2, -0.15) is 0 Å². The highest BCUT2D eigenvalue weighted by molar-refractivity contribution is 9.11. The van der Waals surface area contributed by atoms with E-state index in [4.69, 9.17) is 14.5 Å². The number of para-hydroxylation sites is 1. The zero-order chi connectivity index (χ0) is 18.1. The molecular weight excluding hydrogens is 436 g/mol. The second-order valence-corrected chi connectivity index (χ2v) is 9.43. The zero-order valence-electron chi connectivity index (χ0n) is 14.1. The van der Waals surface area contributed by atoms with Crippen LogP contribution in [0, 0.1) is 0 Å². The Morgan fingerprint density at radius 3 is 2.96 bits per heavy atom. The molecule has 0 N–H and O–H groups in total. The minimum atomic E-state index is -0.0470. The summed E-state index contributed by atoms with van der Waals surface area (Å²) in [5.41, 5.74) is 0.785. The summed E-state index contributed by atoms with van der Waals surface area (Å²) in [7, 11) is 1.63. The quantitative estimate of drug-likeness (QED) is 0.549. The van der Waals surface area contributed by atoms with Crippen LogP contribution < -0.4 is 9.64 Å². The lowest BCUT2D eigenvalue weighted by Gasteiger charge is -2.22. The number of methoxy groups -OCH3 is 1. The molecule has 0 aliphatic carbocycles. The number of fused-ring (bicyclic) bond motifs is 1. The molecule has 1 saturated heterocycles. The summed E-state index contributed by atoms with van der Waals surface area (Å²) in [6.45, 7) is 1.27. The molecule has 1 atom stereocenters. The van der Waals surface area contributed by atoms with E-state index in [-0.39, 0.29) is 12.0 Å². The van der Waals surface area contributed by atoms with Gasteiger partial charge in [-0.15, -0.1) is 11.3 Å². The minimum Gasteiger partial charge on any atom is -0.494 e. The predicted molar refractivity (Wildman–Crippen MR) is 109 cm³/mol. The standard InChI is InChI=1S/C18H17BrN2O3S2/c1-23-12-5-2-6-13-16(12)20-18(26-13)21(10-11-4-3-9-24-11)17(22)14-7-8-15(19)25-14/h2,5-8,11H,3-4,9-10H2,1H3. The molecular formula is C18H17BrN2O3S2. The number of hydrogen-bond donors (Lipinski definition) is 0. The molecule has 136 valence electrons. The Morgan fingerprint density at radius 1 is 1.38 bits per heavy atom. The molecule has 1 unspecified atom stereocenters. The van der Waals surface area contributed by atoms with Gasteiger partial charge in [0, 0.05) is 6.61 Å². The van der Waals surface area contributed by atoms with Gasteiger partial charge in [-0.25, -0.2) is 4.98 Å². The Bertz CT molecular complexity index is 934. The van der Waals surface area contributed by atoms with Crippen molar-refractivity contribution in [3.63, 3.8) is 0 Å². The van der Waals surface area contributed by atoms with E-state index >= 15 is 0 Å². The van der Waals surface area contributed by atoms with Crippen molar-refractivity contribution in [3.05, 3.63) is 39.0 Å². The summed E-state index contributed by atoms with van der Waals surface area (Å²) in [5.74, 6) is 0.669. The van der Waals surface area contributed by atoms with Gasteiger partial charge in [-0.3, -0.25) is 9.69 Å². The largest absolute Gasteiger partial charge is 0.494 e. The third-order valence-corrected chi connectivity index (χ3v) is 6.92. The molecule has 1 aliphatic rings. The molecule has 0 saturated carbocycles. The summed E-state index contributed by atoms with van der Waals surface area (Å²) < 4.78 is 13.1. The van der Waals surface area contributed by atoms with Crippen molar-refractivity contribution in [2.75, 3.05) is 25.2 Å². The zero-order valence-corrected chi connectivity index (χ0v) is 17.3. The first-order valence-corrected chi connectivity index (χ1v) is 10.7. The van der Waals surface area contributed by atoms with Gasteiger partial charge < -0.3 is 9.47 Å². The monoisotopic (exact) mass is 452 g/mol. The van der Waals surface area contributed by atoms with Crippen LogP contribution >= 0.6 is 38.6 Å². The second kappa shape index (κ2) is 7.64. The fraction of sp³-hybridized carbons (Fsp3) is 0.333. The van der Waals surface area contributed by atoms with Crippen LogP contribution in [0.5, 0.6) is 5.75 Å². The van der Waals surface area contributed by atoms with Crippen LogP contribution in [0.15, 0.2) is 34.1 Å². The fourth-order valence-electron chi connectivity index (χ4n) is 2.99. The molecule has 3 heterocycles. The Labute approximate surface area is 167 Å². The van der Waals surface area contributed by atoms with Gasteiger partial charge in [0.05, 0.1) is 33.1 Å². The van der Waals surface area contributed by atoms with E-state index in [2.05, 4.69) is 15.9 Å². The van der Waals surface area contributed by atoms with E-state index in [1.165, 1.54) is 22.7 Å². The first-order valence-electron chi connectivity index (χ1n) is 8.28. The van der Waals surface area contributed by atoms with Crippen LogP contribution in [0.4, 0.5) is 5.13 Å². The molecule has 1 amide bonds. The maximum atomic E-state index is 13.2. The molecule has 2 aromatic heterocycles. The number of aromatic nitrogens is 1. The number of anilines is 1. The van der Waals surface area contributed by atoms with E-state index in [1.807, 2.05) is 30.3 Å². The number of hydrogen-bond acceptors (Lipinski definition) is 6. The lowest BCUT2D eigenvalue weighted by Crippen LogP contribution is -2.37. The topological polar surface area (TPSA) is 51.7 Å². The lowest BCUT2D eigenvalue weighted by molar-refractivity contribution is 0.0920. The van der Waals surface area contributed by atoms with Crippen LogP contribution in [-0.4, -0.2) is 37.3 Å². The molecule has 3 aromatic rings. The van der Waals surface area contributed by atoms with Gasteiger partial charge in [-0.1, -0.05) is 17.4 Å². The molecule has 1 aliphatic heterocycles. The molecule has 26 heavy (non-hydrogen) atoms. The van der Waals surface area contributed by atoms with Crippen molar-refractivity contribution in [1.82, 2.24) is 4.98 Å². The van der Waals surface area contributed by atoms with Crippen molar-refractivity contribution < 1.29 is 14.3 Å². The van der Waals surface area contributed by atoms with Gasteiger partial charge in [0.25, 0.3) is 5.91 Å². The second-order valence-electron chi connectivity index (χ2n) is 5.96. The number of thiophene rings is 1.